The molecule has 2 aliphatic heterocycles. The molecule has 2 fully saturated rings. The monoisotopic (exact) mass is 224 g/mol. The Morgan fingerprint density at radius 2 is 2.15 bits per heavy atom. The van der Waals surface area contributed by atoms with E-state index in [4.69, 9.17) is 18.5 Å². The highest BCUT2D eigenvalue weighted by Gasteiger charge is 2.23. The van der Waals surface area contributed by atoms with Gasteiger partial charge in [0.2, 0.25) is 0 Å². The summed E-state index contributed by atoms with van der Waals surface area (Å²) >= 11 is 0. The summed E-state index contributed by atoms with van der Waals surface area (Å²) in [4.78, 5) is 0. The topological polar surface area (TPSA) is 43.5 Å². The molecular formula is C7H14O4P2. The van der Waals surface area contributed by atoms with Crippen molar-refractivity contribution in [3.05, 3.63) is 0 Å². The lowest BCUT2D eigenvalue weighted by Crippen LogP contribution is -1.90. The van der Waals surface area contributed by atoms with Crippen LogP contribution in [0.3, 0.4) is 0 Å². The summed E-state index contributed by atoms with van der Waals surface area (Å²) in [6, 6.07) is 0. The molecule has 0 aromatic carbocycles. The first kappa shape index (κ1) is 10.2. The number of hydrogen-bond donors (Lipinski definition) is 0. The van der Waals surface area contributed by atoms with Crippen LogP contribution in [0.4, 0.5) is 0 Å². The molecule has 13 heavy (non-hydrogen) atoms. The lowest BCUT2D eigenvalue weighted by molar-refractivity contribution is 0.202. The Bertz CT molecular complexity index is 133. The average Bonchev–Trinajstić information content (AvgIpc) is 2.99. The van der Waals surface area contributed by atoms with Crippen molar-refractivity contribution >= 4 is 17.6 Å². The van der Waals surface area contributed by atoms with Crippen LogP contribution >= 0.6 is 17.6 Å². The van der Waals surface area contributed by atoms with Gasteiger partial charge in [-0.3, -0.25) is 0 Å². The zero-order valence-electron chi connectivity index (χ0n) is 7.32. The molecule has 0 saturated carbocycles. The summed E-state index contributed by atoms with van der Waals surface area (Å²) in [6.07, 6.45) is 2.27. The Labute approximate surface area is 81.4 Å². The van der Waals surface area contributed by atoms with Crippen LogP contribution in [0, 0.1) is 0 Å². The van der Waals surface area contributed by atoms with Gasteiger partial charge in [-0.25, -0.2) is 0 Å². The number of ether oxygens (including phenoxy) is 2. The highest BCUT2D eigenvalue weighted by Crippen LogP contribution is 2.31. The van der Waals surface area contributed by atoms with Crippen LogP contribution in [0.2, 0.25) is 0 Å². The van der Waals surface area contributed by atoms with Gasteiger partial charge < -0.3 is 18.5 Å². The van der Waals surface area contributed by atoms with E-state index in [0.29, 0.717) is 23.5 Å². The standard InChI is InChI=1S/C7H14O4P2/c1(2-10-13-7-5-9-7)3-12-11-6-4-8-6/h6-7,12-13H,1-5H2. The fraction of sp³-hybridized carbons (Fsp3) is 1.00. The molecule has 0 aliphatic carbocycles. The molecular weight excluding hydrogens is 210 g/mol. The maximum absolute atomic E-state index is 5.40. The van der Waals surface area contributed by atoms with Gasteiger partial charge in [-0.2, -0.15) is 0 Å². The van der Waals surface area contributed by atoms with Gasteiger partial charge in [0.1, 0.15) is 12.5 Å². The second-order valence-electron chi connectivity index (χ2n) is 2.92. The highest BCUT2D eigenvalue weighted by molar-refractivity contribution is 7.33. The third kappa shape index (κ3) is 5.21. The number of hydrogen-bond acceptors (Lipinski definition) is 4. The summed E-state index contributed by atoms with van der Waals surface area (Å²) in [6.45, 7) is 2.51. The predicted molar refractivity (Wildman–Crippen MR) is 52.6 cm³/mol. The largest absolute Gasteiger partial charge is 0.366 e. The summed E-state index contributed by atoms with van der Waals surface area (Å²) in [5.74, 6) is 0.415. The van der Waals surface area contributed by atoms with E-state index >= 15 is 0 Å². The van der Waals surface area contributed by atoms with Gasteiger partial charge in [0, 0.05) is 17.6 Å². The lowest BCUT2D eigenvalue weighted by Gasteiger charge is -2.01. The van der Waals surface area contributed by atoms with Crippen LogP contribution in [0.25, 0.3) is 0 Å². The normalized spacial score (nSPS) is 32.3. The molecule has 6 heteroatoms. The molecule has 4 nitrogen and oxygen atoms in total. The summed E-state index contributed by atoms with van der Waals surface area (Å²) < 4.78 is 20.7. The molecule has 0 aromatic heterocycles. The molecule has 4 atom stereocenters. The quantitative estimate of drug-likeness (QED) is 0.354. The first-order chi connectivity index (χ1) is 6.45. The SMILES string of the molecule is C(COPC1CO1)CPOC1CO1. The van der Waals surface area contributed by atoms with Crippen LogP contribution < -0.4 is 0 Å². The molecule has 0 N–H and O–H groups in total. The zero-order chi connectivity index (χ0) is 8.93. The summed E-state index contributed by atoms with van der Waals surface area (Å²) in [5, 5.41) is 0. The smallest absolute Gasteiger partial charge is 0.184 e. The fourth-order valence-corrected chi connectivity index (χ4v) is 2.15. The van der Waals surface area contributed by atoms with Crippen LogP contribution in [-0.4, -0.2) is 38.1 Å². The fourth-order valence-electron chi connectivity index (χ4n) is 0.744. The first-order valence-electron chi connectivity index (χ1n) is 4.44. The maximum Gasteiger partial charge on any atom is 0.184 e. The van der Waals surface area contributed by atoms with Gasteiger partial charge in [0.25, 0.3) is 0 Å². The molecule has 0 spiro atoms. The Balaban J connectivity index is 1.28. The molecule has 2 heterocycles. The van der Waals surface area contributed by atoms with Gasteiger partial charge in [-0.1, -0.05) is 0 Å². The zero-order valence-corrected chi connectivity index (χ0v) is 9.32. The maximum atomic E-state index is 5.40. The Kier molecular flexibility index (Phi) is 4.36. The minimum atomic E-state index is 0.112. The van der Waals surface area contributed by atoms with Crippen molar-refractivity contribution in [3.63, 3.8) is 0 Å². The van der Waals surface area contributed by atoms with Crippen LogP contribution in [0.1, 0.15) is 6.42 Å². The van der Waals surface area contributed by atoms with E-state index in [-0.39, 0.29) is 6.29 Å². The molecule has 76 valence electrons. The van der Waals surface area contributed by atoms with Crippen molar-refractivity contribution in [1.29, 1.82) is 0 Å². The van der Waals surface area contributed by atoms with Crippen molar-refractivity contribution < 1.29 is 18.5 Å². The van der Waals surface area contributed by atoms with Crippen LogP contribution in [0.15, 0.2) is 0 Å². The van der Waals surface area contributed by atoms with E-state index in [0.717, 1.165) is 32.4 Å². The van der Waals surface area contributed by atoms with Gasteiger partial charge >= 0.3 is 0 Å². The summed E-state index contributed by atoms with van der Waals surface area (Å²) in [5.41, 5.74) is 0. The van der Waals surface area contributed by atoms with Crippen molar-refractivity contribution in [1.82, 2.24) is 0 Å². The molecule has 2 aliphatic rings. The second-order valence-corrected chi connectivity index (χ2v) is 5.11. The molecule has 2 saturated heterocycles. The minimum absolute atomic E-state index is 0.112. The molecule has 0 amide bonds. The van der Waals surface area contributed by atoms with Crippen molar-refractivity contribution in [3.8, 4) is 0 Å². The van der Waals surface area contributed by atoms with E-state index < -0.39 is 0 Å². The average molecular weight is 224 g/mol. The van der Waals surface area contributed by atoms with E-state index in [9.17, 15) is 0 Å². The third-order valence-corrected chi connectivity index (χ3v) is 3.55. The Morgan fingerprint density at radius 3 is 2.85 bits per heavy atom. The summed E-state index contributed by atoms with van der Waals surface area (Å²) in [7, 11) is 1.10. The molecule has 0 bridgehead atoms. The molecule has 4 unspecified atom stereocenters. The number of epoxide rings is 2. The minimum Gasteiger partial charge on any atom is -0.366 e. The second kappa shape index (κ2) is 5.55. The Hall–Kier alpha value is 0.700. The highest BCUT2D eigenvalue weighted by atomic mass is 31.1. The van der Waals surface area contributed by atoms with E-state index in [1.807, 2.05) is 0 Å². The van der Waals surface area contributed by atoms with E-state index in [1.54, 1.807) is 0 Å². The van der Waals surface area contributed by atoms with Gasteiger partial charge in [-0.15, -0.1) is 0 Å². The van der Waals surface area contributed by atoms with Gasteiger partial charge in [0.05, 0.1) is 13.2 Å². The third-order valence-electron chi connectivity index (χ3n) is 1.59. The van der Waals surface area contributed by atoms with E-state index in [2.05, 4.69) is 0 Å². The first-order valence-corrected chi connectivity index (χ1v) is 6.54. The predicted octanol–water partition coefficient (Wildman–Crippen LogP) is 1.31. The van der Waals surface area contributed by atoms with Gasteiger partial charge in [0.15, 0.2) is 6.29 Å². The van der Waals surface area contributed by atoms with Crippen molar-refractivity contribution in [2.24, 2.45) is 0 Å². The van der Waals surface area contributed by atoms with Crippen LogP contribution in [0.5, 0.6) is 0 Å². The van der Waals surface area contributed by atoms with Crippen molar-refractivity contribution in [2.75, 3.05) is 26.0 Å². The molecule has 2 rings (SSSR count). The molecule has 0 aromatic rings. The lowest BCUT2D eigenvalue weighted by atomic mass is 10.5. The van der Waals surface area contributed by atoms with Crippen LogP contribution in [-0.2, 0) is 18.5 Å². The van der Waals surface area contributed by atoms with Crippen molar-refractivity contribution in [2.45, 2.75) is 18.6 Å². The number of rotatable bonds is 8. The van der Waals surface area contributed by atoms with E-state index in [1.165, 1.54) is 0 Å². The Morgan fingerprint density at radius 1 is 1.31 bits per heavy atom. The van der Waals surface area contributed by atoms with Gasteiger partial charge in [-0.05, 0) is 12.6 Å². The molecule has 0 radical (unpaired) electrons.